The average Bonchev–Trinajstić information content (AvgIpc) is 2.94. The first kappa shape index (κ1) is 25.8. The summed E-state index contributed by atoms with van der Waals surface area (Å²) in [6, 6.07) is 15.4. The lowest BCUT2D eigenvalue weighted by Gasteiger charge is -2.42. The standard InChI is InChI=1S/C30H29N3O7/c1-39-27(36)12-21(22-10-18-5-2-3-6-23(18)31-30(22)38)29-28(37)25(34)11-20(40-29)16-32-13-17-9-19(15-32)24-7-4-8-26(35)33(24)14-17/h2-8,10-11,17,19,21,37H,9,12-16H2,1H3,(H,31,38). The minimum absolute atomic E-state index is 0.00940. The molecule has 3 atom stereocenters. The Bertz CT molecular complexity index is 1790. The molecule has 10 heteroatoms. The van der Waals surface area contributed by atoms with Crippen LogP contribution in [0.5, 0.6) is 5.75 Å². The zero-order valence-electron chi connectivity index (χ0n) is 22.0. The number of carbonyl (C=O) groups excluding carboxylic acids is 1. The zero-order chi connectivity index (χ0) is 28.0. The Balaban J connectivity index is 1.36. The maximum absolute atomic E-state index is 13.1. The predicted octanol–water partition coefficient (Wildman–Crippen LogP) is 2.66. The molecule has 0 spiro atoms. The number of aromatic hydroxyl groups is 1. The molecule has 40 heavy (non-hydrogen) atoms. The molecule has 206 valence electrons. The fourth-order valence-electron chi connectivity index (χ4n) is 6.23. The Hall–Kier alpha value is -4.44. The highest BCUT2D eigenvalue weighted by molar-refractivity contribution is 5.79. The fraction of sp³-hybridized carbons (Fsp3) is 0.333. The number of H-pyrrole nitrogens is 1. The number of ether oxygens (including phenoxy) is 1. The molecule has 10 nitrogen and oxygen atoms in total. The van der Waals surface area contributed by atoms with Gasteiger partial charge in [-0.2, -0.15) is 0 Å². The number of benzene rings is 1. The van der Waals surface area contributed by atoms with Crippen LogP contribution in [0.15, 0.2) is 73.4 Å². The number of likely N-dealkylation sites (tertiary alicyclic amines) is 1. The number of pyridine rings is 2. The second-order valence-corrected chi connectivity index (χ2v) is 10.7. The number of para-hydroxylation sites is 1. The Kier molecular flexibility index (Phi) is 6.63. The van der Waals surface area contributed by atoms with E-state index in [2.05, 4.69) is 9.88 Å². The lowest BCUT2D eigenvalue weighted by molar-refractivity contribution is -0.140. The molecule has 0 aliphatic carbocycles. The molecule has 0 saturated carbocycles. The molecule has 2 N–H and O–H groups in total. The largest absolute Gasteiger partial charge is 0.502 e. The van der Waals surface area contributed by atoms with Crippen molar-refractivity contribution in [1.29, 1.82) is 0 Å². The third kappa shape index (κ3) is 4.75. The van der Waals surface area contributed by atoms with Crippen LogP contribution >= 0.6 is 0 Å². The van der Waals surface area contributed by atoms with Crippen LogP contribution in [0.2, 0.25) is 0 Å². The van der Waals surface area contributed by atoms with Gasteiger partial charge >= 0.3 is 5.97 Å². The van der Waals surface area contributed by atoms with Gasteiger partial charge in [0.05, 0.1) is 26.0 Å². The van der Waals surface area contributed by atoms with Gasteiger partial charge in [0.15, 0.2) is 5.76 Å². The quantitative estimate of drug-likeness (QED) is 0.355. The second-order valence-electron chi connectivity index (χ2n) is 10.7. The molecule has 1 saturated heterocycles. The second kappa shape index (κ2) is 10.3. The number of hydrogen-bond acceptors (Lipinski definition) is 8. The summed E-state index contributed by atoms with van der Waals surface area (Å²) in [5.41, 5.74) is 0.696. The predicted molar refractivity (Wildman–Crippen MR) is 147 cm³/mol. The Morgan fingerprint density at radius 1 is 1.10 bits per heavy atom. The van der Waals surface area contributed by atoms with Crippen LogP contribution in [0.4, 0.5) is 0 Å². The maximum atomic E-state index is 13.1. The number of aromatic amines is 1. The molecule has 1 aromatic carbocycles. The average molecular weight is 544 g/mol. The molecule has 3 unspecified atom stereocenters. The Labute approximate surface area is 228 Å². The molecular weight excluding hydrogens is 514 g/mol. The van der Waals surface area contributed by atoms with Gasteiger partial charge in [0, 0.05) is 54.5 Å². The number of methoxy groups -OCH3 is 1. The number of carbonyl (C=O) groups is 1. The highest BCUT2D eigenvalue weighted by Crippen LogP contribution is 2.37. The number of nitrogens with one attached hydrogen (secondary N) is 1. The molecule has 5 heterocycles. The molecule has 2 aliphatic heterocycles. The molecule has 6 rings (SSSR count). The van der Waals surface area contributed by atoms with E-state index >= 15 is 0 Å². The minimum atomic E-state index is -1.05. The van der Waals surface area contributed by atoms with E-state index in [-0.39, 0.29) is 35.1 Å². The normalized spacial score (nSPS) is 19.2. The SMILES string of the molecule is COC(=O)CC(c1oc(CN2CC3CC(C2)c2cccc(=O)n2C3)cc(=O)c1O)c1cc2ccccc2[nH]c1=O. The van der Waals surface area contributed by atoms with Crippen molar-refractivity contribution < 1.29 is 19.1 Å². The summed E-state index contributed by atoms with van der Waals surface area (Å²) < 4.78 is 12.8. The highest BCUT2D eigenvalue weighted by atomic mass is 16.5. The smallest absolute Gasteiger partial charge is 0.306 e. The Morgan fingerprint density at radius 3 is 2.75 bits per heavy atom. The molecule has 2 aliphatic rings. The van der Waals surface area contributed by atoms with E-state index < -0.39 is 28.6 Å². The fourth-order valence-corrected chi connectivity index (χ4v) is 6.23. The van der Waals surface area contributed by atoms with Gasteiger partial charge in [-0.1, -0.05) is 24.3 Å². The van der Waals surface area contributed by atoms with Crippen molar-refractivity contribution in [1.82, 2.24) is 14.5 Å². The first-order chi connectivity index (χ1) is 19.3. The lowest BCUT2D eigenvalue weighted by Crippen LogP contribution is -2.46. The van der Waals surface area contributed by atoms with Gasteiger partial charge in [-0.05, 0) is 35.9 Å². The molecular formula is C30H29N3O7. The van der Waals surface area contributed by atoms with Gasteiger partial charge in [0.25, 0.3) is 11.1 Å². The van der Waals surface area contributed by atoms with Crippen LogP contribution in [0.1, 0.15) is 47.5 Å². The molecule has 0 radical (unpaired) electrons. The van der Waals surface area contributed by atoms with Crippen LogP contribution < -0.4 is 16.5 Å². The Morgan fingerprint density at radius 2 is 1.93 bits per heavy atom. The number of rotatable bonds is 6. The van der Waals surface area contributed by atoms with Crippen molar-refractivity contribution in [2.24, 2.45) is 5.92 Å². The van der Waals surface area contributed by atoms with Crippen molar-refractivity contribution in [2.45, 2.75) is 37.8 Å². The summed E-state index contributed by atoms with van der Waals surface area (Å²) in [4.78, 5) is 55.8. The first-order valence-corrected chi connectivity index (χ1v) is 13.3. The van der Waals surface area contributed by atoms with Crippen LogP contribution in [0, 0.1) is 5.92 Å². The van der Waals surface area contributed by atoms with Gasteiger partial charge in [-0.15, -0.1) is 0 Å². The number of fused-ring (bicyclic) bond motifs is 5. The topological polar surface area (TPSA) is 135 Å². The van der Waals surface area contributed by atoms with Crippen molar-refractivity contribution in [3.05, 3.63) is 108 Å². The molecule has 0 amide bonds. The number of esters is 1. The van der Waals surface area contributed by atoms with Crippen LogP contribution in [-0.2, 0) is 22.6 Å². The van der Waals surface area contributed by atoms with Crippen molar-refractivity contribution in [3.63, 3.8) is 0 Å². The summed E-state index contributed by atoms with van der Waals surface area (Å²) in [5, 5.41) is 11.5. The maximum Gasteiger partial charge on any atom is 0.306 e. The van der Waals surface area contributed by atoms with E-state index in [1.54, 1.807) is 30.3 Å². The van der Waals surface area contributed by atoms with Crippen molar-refractivity contribution in [3.8, 4) is 5.75 Å². The molecule has 4 aromatic rings. The van der Waals surface area contributed by atoms with Gasteiger partial charge in [-0.3, -0.25) is 24.1 Å². The lowest BCUT2D eigenvalue weighted by atomic mass is 9.83. The first-order valence-electron chi connectivity index (χ1n) is 13.3. The van der Waals surface area contributed by atoms with Crippen LogP contribution in [0.25, 0.3) is 10.9 Å². The summed E-state index contributed by atoms with van der Waals surface area (Å²) in [7, 11) is 1.23. The summed E-state index contributed by atoms with van der Waals surface area (Å²) in [6.07, 6.45) is 0.675. The number of aromatic nitrogens is 2. The van der Waals surface area contributed by atoms with E-state index in [1.165, 1.54) is 13.2 Å². The number of hydrogen-bond donors (Lipinski definition) is 2. The van der Waals surface area contributed by atoms with Gasteiger partial charge in [0.2, 0.25) is 11.2 Å². The summed E-state index contributed by atoms with van der Waals surface area (Å²) in [5.74, 6) is -1.70. The number of piperidine rings is 1. The van der Waals surface area contributed by atoms with Crippen molar-refractivity contribution in [2.75, 3.05) is 20.2 Å². The van der Waals surface area contributed by atoms with E-state index in [9.17, 15) is 24.3 Å². The van der Waals surface area contributed by atoms with E-state index in [4.69, 9.17) is 9.15 Å². The molecule has 3 aromatic heterocycles. The van der Waals surface area contributed by atoms with Crippen LogP contribution in [-0.4, -0.2) is 45.7 Å². The van der Waals surface area contributed by atoms with Gasteiger partial charge in [0.1, 0.15) is 5.76 Å². The van der Waals surface area contributed by atoms with Crippen LogP contribution in [0.3, 0.4) is 0 Å². The third-order valence-corrected chi connectivity index (χ3v) is 8.01. The van der Waals surface area contributed by atoms with E-state index in [0.29, 0.717) is 37.5 Å². The van der Waals surface area contributed by atoms with Gasteiger partial charge < -0.3 is 23.8 Å². The number of nitrogens with zero attached hydrogens (tertiary/aromatic N) is 2. The molecule has 2 bridgehead atoms. The monoisotopic (exact) mass is 543 g/mol. The third-order valence-electron chi connectivity index (χ3n) is 8.01. The van der Waals surface area contributed by atoms with E-state index in [0.717, 1.165) is 17.5 Å². The summed E-state index contributed by atoms with van der Waals surface area (Å²) >= 11 is 0. The van der Waals surface area contributed by atoms with E-state index in [1.807, 2.05) is 22.8 Å². The van der Waals surface area contributed by atoms with Crippen molar-refractivity contribution >= 4 is 16.9 Å². The minimum Gasteiger partial charge on any atom is -0.502 e. The zero-order valence-corrected chi connectivity index (χ0v) is 22.0. The molecule has 1 fully saturated rings. The summed E-state index contributed by atoms with van der Waals surface area (Å²) in [6.45, 7) is 2.33. The highest BCUT2D eigenvalue weighted by Gasteiger charge is 2.35. The van der Waals surface area contributed by atoms with Gasteiger partial charge in [-0.25, -0.2) is 0 Å².